The Morgan fingerprint density at radius 3 is 2.65 bits per heavy atom. The van der Waals surface area contributed by atoms with Crippen LogP contribution in [0.25, 0.3) is 0 Å². The number of aliphatic hydroxyl groups excluding tert-OH is 1. The first-order valence-corrected chi connectivity index (χ1v) is 6.10. The number of aryl methyl sites for hydroxylation is 2. The third-order valence-electron chi connectivity index (χ3n) is 2.74. The zero-order chi connectivity index (χ0) is 15.3. The second-order valence-corrected chi connectivity index (χ2v) is 4.42. The van der Waals surface area contributed by atoms with Gasteiger partial charge in [0.25, 0.3) is 12.0 Å². The summed E-state index contributed by atoms with van der Waals surface area (Å²) in [5.74, 6) is -0.0233. The van der Waals surface area contributed by atoms with E-state index in [1.54, 1.807) is 13.8 Å². The van der Waals surface area contributed by atoms with Crippen molar-refractivity contribution in [1.82, 2.24) is 15.3 Å². The van der Waals surface area contributed by atoms with Crippen molar-refractivity contribution in [2.45, 2.75) is 39.2 Å². The fraction of sp³-hybridized carbons (Fsp3) is 0.583. The molecule has 1 aromatic rings. The Morgan fingerprint density at radius 2 is 2.10 bits per heavy atom. The SMILES string of the molecule is Cc1nc(C)c(CCC(=O)NCC(O)C(F)F)c(=O)[nH]1. The first-order valence-electron chi connectivity index (χ1n) is 6.10. The topological polar surface area (TPSA) is 95.1 Å². The average Bonchev–Trinajstić information content (AvgIpc) is 2.34. The predicted molar refractivity (Wildman–Crippen MR) is 67.7 cm³/mol. The smallest absolute Gasteiger partial charge is 0.265 e. The molecule has 112 valence electrons. The maximum Gasteiger partial charge on any atom is 0.265 e. The average molecular weight is 289 g/mol. The van der Waals surface area contributed by atoms with Gasteiger partial charge in [-0.05, 0) is 20.3 Å². The van der Waals surface area contributed by atoms with E-state index in [0.29, 0.717) is 17.1 Å². The second-order valence-electron chi connectivity index (χ2n) is 4.42. The molecule has 0 aromatic carbocycles. The standard InChI is InChI=1S/C12H17F2N3O3/c1-6-8(12(20)17-7(2)16-6)3-4-10(19)15-5-9(18)11(13)14/h9,11,18H,3-5H2,1-2H3,(H,15,19)(H,16,17,20). The summed E-state index contributed by atoms with van der Waals surface area (Å²) in [6.07, 6.45) is -4.66. The molecule has 8 heteroatoms. The van der Waals surface area contributed by atoms with Gasteiger partial charge in [0.1, 0.15) is 11.9 Å². The molecule has 0 bridgehead atoms. The van der Waals surface area contributed by atoms with E-state index in [4.69, 9.17) is 5.11 Å². The van der Waals surface area contributed by atoms with E-state index in [-0.39, 0.29) is 18.4 Å². The van der Waals surface area contributed by atoms with Gasteiger partial charge in [-0.2, -0.15) is 0 Å². The molecule has 6 nitrogen and oxygen atoms in total. The summed E-state index contributed by atoms with van der Waals surface area (Å²) in [6.45, 7) is 2.80. The van der Waals surface area contributed by atoms with Crippen molar-refractivity contribution in [2.24, 2.45) is 0 Å². The van der Waals surface area contributed by atoms with Crippen LogP contribution >= 0.6 is 0 Å². The first-order chi connectivity index (χ1) is 9.31. The summed E-state index contributed by atoms with van der Waals surface area (Å²) in [4.78, 5) is 29.7. The molecule has 0 fully saturated rings. The normalized spacial score (nSPS) is 12.5. The van der Waals surface area contributed by atoms with Crippen molar-refractivity contribution < 1.29 is 18.7 Å². The van der Waals surface area contributed by atoms with E-state index in [0.717, 1.165) is 0 Å². The van der Waals surface area contributed by atoms with Crippen molar-refractivity contribution in [3.05, 3.63) is 27.4 Å². The number of hydrogen-bond acceptors (Lipinski definition) is 4. The van der Waals surface area contributed by atoms with E-state index in [1.165, 1.54) is 0 Å². The third-order valence-corrected chi connectivity index (χ3v) is 2.74. The van der Waals surface area contributed by atoms with Crippen LogP contribution in [0.4, 0.5) is 8.78 Å². The van der Waals surface area contributed by atoms with Gasteiger partial charge >= 0.3 is 0 Å². The highest BCUT2D eigenvalue weighted by Crippen LogP contribution is 2.03. The summed E-state index contributed by atoms with van der Waals surface area (Å²) in [5, 5.41) is 11.0. The number of amides is 1. The van der Waals surface area contributed by atoms with Crippen LogP contribution in [0, 0.1) is 13.8 Å². The van der Waals surface area contributed by atoms with Gasteiger partial charge in [-0.3, -0.25) is 9.59 Å². The van der Waals surface area contributed by atoms with Crippen LogP contribution in [0.1, 0.15) is 23.5 Å². The van der Waals surface area contributed by atoms with Gasteiger partial charge in [0, 0.05) is 24.2 Å². The largest absolute Gasteiger partial charge is 0.385 e. The maximum absolute atomic E-state index is 12.0. The highest BCUT2D eigenvalue weighted by Gasteiger charge is 2.17. The van der Waals surface area contributed by atoms with Crippen LogP contribution in [0.3, 0.4) is 0 Å². The number of aliphatic hydroxyl groups is 1. The Hall–Kier alpha value is -1.83. The van der Waals surface area contributed by atoms with Crippen molar-refractivity contribution in [3.63, 3.8) is 0 Å². The number of halogens is 2. The molecule has 0 saturated carbocycles. The number of carbonyl (C=O) groups excluding carboxylic acids is 1. The number of nitrogens with zero attached hydrogens (tertiary/aromatic N) is 1. The molecule has 0 aliphatic carbocycles. The third kappa shape index (κ3) is 4.69. The number of carbonyl (C=O) groups is 1. The van der Waals surface area contributed by atoms with E-state index in [9.17, 15) is 18.4 Å². The molecule has 1 amide bonds. The zero-order valence-electron chi connectivity index (χ0n) is 11.2. The first kappa shape index (κ1) is 16.2. The molecule has 0 saturated heterocycles. The van der Waals surface area contributed by atoms with E-state index in [2.05, 4.69) is 15.3 Å². The molecule has 3 N–H and O–H groups in total. The van der Waals surface area contributed by atoms with Crippen LogP contribution in [0.15, 0.2) is 4.79 Å². The second kappa shape index (κ2) is 7.09. The van der Waals surface area contributed by atoms with Crippen LogP contribution in [-0.2, 0) is 11.2 Å². The molecule has 1 atom stereocenters. The molecule has 0 aliphatic rings. The zero-order valence-corrected chi connectivity index (χ0v) is 11.2. The van der Waals surface area contributed by atoms with Gasteiger partial charge < -0.3 is 15.4 Å². The number of aromatic amines is 1. The lowest BCUT2D eigenvalue weighted by molar-refractivity contribution is -0.122. The molecular formula is C12H17F2N3O3. The van der Waals surface area contributed by atoms with Gasteiger partial charge in [0.2, 0.25) is 5.91 Å². The fourth-order valence-corrected chi connectivity index (χ4v) is 1.68. The minimum atomic E-state index is -2.90. The van der Waals surface area contributed by atoms with E-state index >= 15 is 0 Å². The summed E-state index contributed by atoms with van der Waals surface area (Å²) in [6, 6.07) is 0. The van der Waals surface area contributed by atoms with Gasteiger partial charge in [-0.25, -0.2) is 13.8 Å². The number of hydrogen-bond donors (Lipinski definition) is 3. The number of nitrogens with one attached hydrogen (secondary N) is 2. The van der Waals surface area contributed by atoms with E-state index in [1.807, 2.05) is 0 Å². The number of H-pyrrole nitrogens is 1. The van der Waals surface area contributed by atoms with Crippen molar-refractivity contribution >= 4 is 5.91 Å². The Kier molecular flexibility index (Phi) is 5.75. The lowest BCUT2D eigenvalue weighted by Gasteiger charge is -2.10. The lowest BCUT2D eigenvalue weighted by Crippen LogP contribution is -2.36. The van der Waals surface area contributed by atoms with Gasteiger partial charge in [-0.15, -0.1) is 0 Å². The predicted octanol–water partition coefficient (Wildman–Crippen LogP) is 0.0615. The Bertz CT molecular complexity index is 531. The van der Waals surface area contributed by atoms with Crippen molar-refractivity contribution in [3.8, 4) is 0 Å². The Morgan fingerprint density at radius 1 is 1.45 bits per heavy atom. The summed E-state index contributed by atoms with van der Waals surface area (Å²) in [7, 11) is 0. The minimum absolute atomic E-state index is 0.0371. The minimum Gasteiger partial charge on any atom is -0.385 e. The van der Waals surface area contributed by atoms with Gasteiger partial charge in [-0.1, -0.05) is 0 Å². The number of rotatable bonds is 6. The van der Waals surface area contributed by atoms with Crippen LogP contribution in [-0.4, -0.2) is 40.1 Å². The van der Waals surface area contributed by atoms with Gasteiger partial charge in [0.15, 0.2) is 0 Å². The van der Waals surface area contributed by atoms with Crippen molar-refractivity contribution in [2.75, 3.05) is 6.54 Å². The van der Waals surface area contributed by atoms with E-state index < -0.39 is 25.0 Å². The quantitative estimate of drug-likeness (QED) is 0.690. The van der Waals surface area contributed by atoms with Crippen LogP contribution < -0.4 is 10.9 Å². The molecular weight excluding hydrogens is 272 g/mol. The number of alkyl halides is 2. The summed E-state index contributed by atoms with van der Waals surface area (Å²) in [5.41, 5.74) is 0.613. The van der Waals surface area contributed by atoms with Crippen LogP contribution in [0.2, 0.25) is 0 Å². The molecule has 0 spiro atoms. The maximum atomic E-state index is 12.0. The lowest BCUT2D eigenvalue weighted by atomic mass is 10.1. The Labute approximate surface area is 114 Å². The van der Waals surface area contributed by atoms with Gasteiger partial charge in [0.05, 0.1) is 0 Å². The summed E-state index contributed by atoms with van der Waals surface area (Å²) < 4.78 is 24.0. The molecule has 1 aromatic heterocycles. The molecule has 1 unspecified atom stereocenters. The van der Waals surface area contributed by atoms with Crippen LogP contribution in [0.5, 0.6) is 0 Å². The summed E-state index contributed by atoms with van der Waals surface area (Å²) >= 11 is 0. The molecule has 0 radical (unpaired) electrons. The monoisotopic (exact) mass is 289 g/mol. The van der Waals surface area contributed by atoms with Crippen molar-refractivity contribution in [1.29, 1.82) is 0 Å². The molecule has 0 aliphatic heterocycles. The fourth-order valence-electron chi connectivity index (χ4n) is 1.68. The highest BCUT2D eigenvalue weighted by atomic mass is 19.3. The molecule has 1 heterocycles. The number of aromatic nitrogens is 2. The molecule has 20 heavy (non-hydrogen) atoms. The highest BCUT2D eigenvalue weighted by molar-refractivity contribution is 5.76. The molecule has 1 rings (SSSR count). The Balaban J connectivity index is 2.52.